The van der Waals surface area contributed by atoms with Gasteiger partial charge < -0.3 is 9.47 Å². The molecule has 0 saturated heterocycles. The minimum atomic E-state index is -0.891. The Kier molecular flexibility index (Phi) is 5.25. The second kappa shape index (κ2) is 7.21. The van der Waals surface area contributed by atoms with Crippen LogP contribution in [0.25, 0.3) is 0 Å². The summed E-state index contributed by atoms with van der Waals surface area (Å²) in [5.41, 5.74) is 0.723. The first-order valence-corrected chi connectivity index (χ1v) is 9.13. The molecule has 2 bridgehead atoms. The molecule has 2 nitrogen and oxygen atoms in total. The lowest BCUT2D eigenvalue weighted by Crippen LogP contribution is -2.35. The Balaban J connectivity index is 1.68. The second-order valence-corrected chi connectivity index (χ2v) is 7.45. The van der Waals surface area contributed by atoms with Gasteiger partial charge in [-0.3, -0.25) is 0 Å². The maximum absolute atomic E-state index is 13.7. The number of halogens is 1. The van der Waals surface area contributed by atoms with Crippen LogP contribution in [0.3, 0.4) is 0 Å². The Labute approximate surface area is 139 Å². The van der Waals surface area contributed by atoms with E-state index in [2.05, 4.69) is 13.8 Å². The number of hydrogen-bond acceptors (Lipinski definition) is 2. The maximum Gasteiger partial charge on any atom is 0.203 e. The van der Waals surface area contributed by atoms with Crippen molar-refractivity contribution in [3.05, 3.63) is 29.8 Å². The van der Waals surface area contributed by atoms with Crippen molar-refractivity contribution in [1.29, 1.82) is 0 Å². The van der Waals surface area contributed by atoms with Crippen LogP contribution < -0.4 is 4.74 Å². The largest absolute Gasteiger partial charge is 0.465 e. The van der Waals surface area contributed by atoms with E-state index in [9.17, 15) is 4.39 Å². The van der Waals surface area contributed by atoms with Gasteiger partial charge in [-0.05, 0) is 69.1 Å². The number of alkyl halides is 1. The summed E-state index contributed by atoms with van der Waals surface area (Å²) in [6, 6.07) is 7.41. The number of rotatable bonds is 7. The van der Waals surface area contributed by atoms with Gasteiger partial charge in [0, 0.05) is 5.92 Å². The summed E-state index contributed by atoms with van der Waals surface area (Å²) in [6.07, 6.45) is 4.83. The van der Waals surface area contributed by atoms with Crippen molar-refractivity contribution in [1.82, 2.24) is 0 Å². The molecule has 1 aromatic carbocycles. The smallest absolute Gasteiger partial charge is 0.203 e. The van der Waals surface area contributed by atoms with E-state index in [4.69, 9.17) is 9.47 Å². The molecule has 5 atom stereocenters. The van der Waals surface area contributed by atoms with E-state index in [0.29, 0.717) is 12.3 Å². The third kappa shape index (κ3) is 3.88. The quantitative estimate of drug-likeness (QED) is 0.602. The summed E-state index contributed by atoms with van der Waals surface area (Å²) >= 11 is 0. The van der Waals surface area contributed by atoms with E-state index >= 15 is 0 Å². The highest BCUT2D eigenvalue weighted by Crippen LogP contribution is 2.50. The molecule has 2 fully saturated rings. The molecule has 0 N–H and O–H groups in total. The number of benzene rings is 1. The SMILES string of the molecule is CCC(F)c1ccc(OC(OC(C)C)C2CC3CCC2C3)cc1. The molecule has 3 rings (SSSR count). The molecule has 0 radical (unpaired) electrons. The first-order chi connectivity index (χ1) is 11.1. The number of ether oxygens (including phenoxy) is 2. The van der Waals surface area contributed by atoms with E-state index in [1.807, 2.05) is 31.2 Å². The van der Waals surface area contributed by atoms with Gasteiger partial charge in [-0.1, -0.05) is 25.5 Å². The lowest BCUT2D eigenvalue weighted by Gasteiger charge is -2.32. The summed E-state index contributed by atoms with van der Waals surface area (Å²) < 4.78 is 26.0. The van der Waals surface area contributed by atoms with Gasteiger partial charge in [-0.25, -0.2) is 4.39 Å². The fourth-order valence-corrected chi connectivity index (χ4v) is 4.24. The van der Waals surface area contributed by atoms with Crippen LogP contribution in [0.1, 0.15) is 64.6 Å². The lowest BCUT2D eigenvalue weighted by atomic mass is 9.88. The van der Waals surface area contributed by atoms with Gasteiger partial charge in [0.15, 0.2) is 0 Å². The first-order valence-electron chi connectivity index (χ1n) is 9.13. The summed E-state index contributed by atoms with van der Waals surface area (Å²) in [6.45, 7) is 5.97. The lowest BCUT2D eigenvalue weighted by molar-refractivity contribution is -0.149. The summed E-state index contributed by atoms with van der Waals surface area (Å²) in [7, 11) is 0. The number of hydrogen-bond donors (Lipinski definition) is 0. The molecule has 3 heteroatoms. The molecular formula is C20H29FO2. The predicted octanol–water partition coefficient (Wildman–Crippen LogP) is 5.67. The minimum absolute atomic E-state index is 0.147. The zero-order valence-electron chi connectivity index (χ0n) is 14.5. The fraction of sp³-hybridized carbons (Fsp3) is 0.700. The van der Waals surface area contributed by atoms with Gasteiger partial charge >= 0.3 is 0 Å². The van der Waals surface area contributed by atoms with E-state index in [0.717, 1.165) is 23.1 Å². The molecule has 128 valence electrons. The van der Waals surface area contributed by atoms with E-state index in [-0.39, 0.29) is 12.4 Å². The van der Waals surface area contributed by atoms with Crippen LogP contribution in [-0.4, -0.2) is 12.4 Å². The highest BCUT2D eigenvalue weighted by molar-refractivity contribution is 5.28. The summed E-state index contributed by atoms with van der Waals surface area (Å²) in [5.74, 6) is 2.90. The van der Waals surface area contributed by atoms with E-state index in [1.165, 1.54) is 25.7 Å². The Bertz CT molecular complexity index is 499. The monoisotopic (exact) mass is 320 g/mol. The van der Waals surface area contributed by atoms with E-state index < -0.39 is 6.17 Å². The van der Waals surface area contributed by atoms with Crippen molar-refractivity contribution in [2.75, 3.05) is 0 Å². The Morgan fingerprint density at radius 1 is 1.13 bits per heavy atom. The van der Waals surface area contributed by atoms with Crippen LogP contribution in [0.15, 0.2) is 24.3 Å². The van der Waals surface area contributed by atoms with Crippen molar-refractivity contribution in [3.8, 4) is 5.75 Å². The Hall–Kier alpha value is -1.09. The van der Waals surface area contributed by atoms with Crippen LogP contribution in [0, 0.1) is 17.8 Å². The van der Waals surface area contributed by atoms with Gasteiger partial charge in [0.05, 0.1) is 6.10 Å². The fourth-order valence-electron chi connectivity index (χ4n) is 4.24. The molecule has 2 saturated carbocycles. The van der Waals surface area contributed by atoms with Crippen molar-refractivity contribution < 1.29 is 13.9 Å². The Morgan fingerprint density at radius 3 is 2.39 bits per heavy atom. The third-order valence-electron chi connectivity index (χ3n) is 5.40. The van der Waals surface area contributed by atoms with Crippen LogP contribution in [0.4, 0.5) is 4.39 Å². The van der Waals surface area contributed by atoms with Crippen molar-refractivity contribution in [3.63, 3.8) is 0 Å². The molecule has 0 aliphatic heterocycles. The average Bonchev–Trinajstić information content (AvgIpc) is 3.17. The average molecular weight is 320 g/mol. The van der Waals surface area contributed by atoms with Gasteiger partial charge in [-0.15, -0.1) is 0 Å². The molecule has 23 heavy (non-hydrogen) atoms. The van der Waals surface area contributed by atoms with E-state index in [1.54, 1.807) is 0 Å². The predicted molar refractivity (Wildman–Crippen MR) is 90.2 cm³/mol. The van der Waals surface area contributed by atoms with Crippen molar-refractivity contribution >= 4 is 0 Å². The molecule has 5 unspecified atom stereocenters. The number of fused-ring (bicyclic) bond motifs is 2. The summed E-state index contributed by atoms with van der Waals surface area (Å²) in [5, 5.41) is 0. The molecular weight excluding hydrogens is 291 g/mol. The molecule has 2 aliphatic rings. The van der Waals surface area contributed by atoms with Crippen molar-refractivity contribution in [2.45, 2.75) is 71.4 Å². The van der Waals surface area contributed by atoms with Crippen LogP contribution in [0.2, 0.25) is 0 Å². The molecule has 1 aromatic rings. The highest BCUT2D eigenvalue weighted by Gasteiger charge is 2.44. The zero-order valence-corrected chi connectivity index (χ0v) is 14.5. The van der Waals surface area contributed by atoms with Crippen molar-refractivity contribution in [2.24, 2.45) is 17.8 Å². The molecule has 0 spiro atoms. The van der Waals surface area contributed by atoms with Gasteiger partial charge in [0.25, 0.3) is 0 Å². The van der Waals surface area contributed by atoms with Gasteiger partial charge in [-0.2, -0.15) is 0 Å². The molecule has 0 amide bonds. The molecule has 0 aromatic heterocycles. The zero-order chi connectivity index (χ0) is 16.4. The summed E-state index contributed by atoms with van der Waals surface area (Å²) in [4.78, 5) is 0. The minimum Gasteiger partial charge on any atom is -0.465 e. The van der Waals surface area contributed by atoms with Crippen LogP contribution in [0.5, 0.6) is 5.75 Å². The van der Waals surface area contributed by atoms with Gasteiger partial charge in [0.2, 0.25) is 6.29 Å². The molecule has 2 aliphatic carbocycles. The topological polar surface area (TPSA) is 18.5 Å². The standard InChI is InChI=1S/C20H29FO2/c1-4-19(21)15-7-9-17(10-8-15)23-20(22-13(2)3)18-12-14-5-6-16(18)11-14/h7-10,13-14,16,18-20H,4-6,11-12H2,1-3H3. The Morgan fingerprint density at radius 2 is 1.87 bits per heavy atom. The molecule has 0 heterocycles. The maximum atomic E-state index is 13.7. The van der Waals surface area contributed by atoms with Crippen LogP contribution >= 0.6 is 0 Å². The normalized spacial score (nSPS) is 29.0. The first kappa shape index (κ1) is 16.8. The third-order valence-corrected chi connectivity index (χ3v) is 5.40. The van der Waals surface area contributed by atoms with Gasteiger partial charge in [0.1, 0.15) is 11.9 Å². The second-order valence-electron chi connectivity index (χ2n) is 7.45. The van der Waals surface area contributed by atoms with Crippen LogP contribution in [-0.2, 0) is 4.74 Å². The highest BCUT2D eigenvalue weighted by atomic mass is 19.1.